The number of rotatable bonds is 8. The van der Waals surface area contributed by atoms with E-state index in [1.54, 1.807) is 4.57 Å². The van der Waals surface area contributed by atoms with Crippen molar-refractivity contribution in [3.8, 4) is 5.75 Å². The largest absolute Gasteiger partial charge is 0.493 e. The van der Waals surface area contributed by atoms with Crippen LogP contribution in [-0.2, 0) is 13.3 Å². The molecular formula is C24H29ClFN3O. The summed E-state index contributed by atoms with van der Waals surface area (Å²) in [5.74, 6) is 2.19. The first-order chi connectivity index (χ1) is 14.7. The second-order valence-corrected chi connectivity index (χ2v) is 8.44. The van der Waals surface area contributed by atoms with Gasteiger partial charge in [-0.2, -0.15) is 0 Å². The number of imidazole rings is 1. The van der Waals surface area contributed by atoms with Crippen LogP contribution in [0.1, 0.15) is 49.9 Å². The zero-order valence-corrected chi connectivity index (χ0v) is 18.2. The third-order valence-corrected chi connectivity index (χ3v) is 6.21. The molecule has 0 saturated carbocycles. The predicted octanol–water partition coefficient (Wildman–Crippen LogP) is 6.18. The smallest absolute Gasteiger partial charge is 0.167 e. The fourth-order valence-electron chi connectivity index (χ4n) is 4.28. The van der Waals surface area contributed by atoms with Crippen molar-refractivity contribution in [2.75, 3.05) is 19.7 Å². The van der Waals surface area contributed by atoms with Gasteiger partial charge in [0.25, 0.3) is 0 Å². The van der Waals surface area contributed by atoms with Crippen LogP contribution < -0.4 is 4.74 Å². The van der Waals surface area contributed by atoms with Gasteiger partial charge in [0.1, 0.15) is 11.6 Å². The summed E-state index contributed by atoms with van der Waals surface area (Å²) in [6.07, 6.45) is 4.22. The van der Waals surface area contributed by atoms with Gasteiger partial charge in [0.2, 0.25) is 0 Å². The Balaban J connectivity index is 1.43. The molecule has 0 unspecified atom stereocenters. The van der Waals surface area contributed by atoms with E-state index >= 15 is 0 Å². The van der Waals surface area contributed by atoms with Crippen molar-refractivity contribution in [3.63, 3.8) is 0 Å². The number of ether oxygens (including phenoxy) is 1. The highest BCUT2D eigenvalue weighted by atomic mass is 35.5. The lowest BCUT2D eigenvalue weighted by Crippen LogP contribution is -2.33. The van der Waals surface area contributed by atoms with Gasteiger partial charge in [-0.1, -0.05) is 37.1 Å². The fourth-order valence-corrected chi connectivity index (χ4v) is 4.46. The minimum Gasteiger partial charge on any atom is -0.493 e. The van der Waals surface area contributed by atoms with E-state index in [9.17, 15) is 4.39 Å². The summed E-state index contributed by atoms with van der Waals surface area (Å²) in [6, 6.07) is 13.7. The predicted molar refractivity (Wildman–Crippen MR) is 120 cm³/mol. The summed E-state index contributed by atoms with van der Waals surface area (Å²) in [7, 11) is 0. The van der Waals surface area contributed by atoms with E-state index in [1.807, 2.05) is 36.4 Å². The van der Waals surface area contributed by atoms with Gasteiger partial charge in [-0.05, 0) is 74.2 Å². The van der Waals surface area contributed by atoms with E-state index in [0.717, 1.165) is 73.0 Å². The molecule has 0 spiro atoms. The van der Waals surface area contributed by atoms with Crippen molar-refractivity contribution in [1.29, 1.82) is 0 Å². The van der Waals surface area contributed by atoms with Crippen molar-refractivity contribution in [2.24, 2.45) is 0 Å². The first-order valence-corrected chi connectivity index (χ1v) is 11.2. The first-order valence-electron chi connectivity index (χ1n) is 10.8. The highest BCUT2D eigenvalue weighted by molar-refractivity contribution is 6.30. The second-order valence-electron chi connectivity index (χ2n) is 8.00. The van der Waals surface area contributed by atoms with Gasteiger partial charge < -0.3 is 4.74 Å². The van der Waals surface area contributed by atoms with Gasteiger partial charge in [-0.25, -0.2) is 9.37 Å². The van der Waals surface area contributed by atoms with Crippen molar-refractivity contribution in [3.05, 3.63) is 58.9 Å². The molecule has 1 saturated heterocycles. The monoisotopic (exact) mass is 429 g/mol. The molecule has 2 aromatic carbocycles. The summed E-state index contributed by atoms with van der Waals surface area (Å²) in [5, 5.41) is 0.756. The van der Waals surface area contributed by atoms with Crippen LogP contribution in [0, 0.1) is 0 Å². The van der Waals surface area contributed by atoms with Gasteiger partial charge in [0, 0.05) is 5.02 Å². The number of fused-ring (bicyclic) bond motifs is 1. The molecule has 6 heteroatoms. The third kappa shape index (κ3) is 4.62. The highest BCUT2D eigenvalue weighted by Gasteiger charge is 2.25. The number of hydrogen-bond donors (Lipinski definition) is 0. The lowest BCUT2D eigenvalue weighted by Gasteiger charge is -2.32. The summed E-state index contributed by atoms with van der Waals surface area (Å²) < 4.78 is 21.4. The van der Waals surface area contributed by atoms with E-state index in [0.29, 0.717) is 12.5 Å². The Labute approximate surface area is 182 Å². The van der Waals surface area contributed by atoms with Crippen molar-refractivity contribution in [2.45, 2.75) is 51.9 Å². The van der Waals surface area contributed by atoms with Crippen LogP contribution in [0.25, 0.3) is 11.0 Å². The molecule has 30 heavy (non-hydrogen) atoms. The van der Waals surface area contributed by atoms with Crippen molar-refractivity contribution in [1.82, 2.24) is 14.5 Å². The van der Waals surface area contributed by atoms with Crippen molar-refractivity contribution < 1.29 is 9.13 Å². The molecule has 2 heterocycles. The van der Waals surface area contributed by atoms with Crippen LogP contribution in [0.4, 0.5) is 4.39 Å². The van der Waals surface area contributed by atoms with E-state index in [4.69, 9.17) is 16.3 Å². The van der Waals surface area contributed by atoms with E-state index in [2.05, 4.69) is 22.9 Å². The van der Waals surface area contributed by atoms with Crippen LogP contribution in [-0.4, -0.2) is 34.1 Å². The highest BCUT2D eigenvalue weighted by Crippen LogP contribution is 2.36. The number of benzene rings is 2. The molecular weight excluding hydrogens is 401 g/mol. The van der Waals surface area contributed by atoms with Crippen LogP contribution in [0.3, 0.4) is 0 Å². The number of para-hydroxylation sites is 2. The minimum absolute atomic E-state index is 0.427. The average molecular weight is 430 g/mol. The van der Waals surface area contributed by atoms with Gasteiger partial charge in [0.15, 0.2) is 6.80 Å². The number of nitrogens with zero attached hydrogens (tertiary/aromatic N) is 3. The molecule has 0 bridgehead atoms. The Kier molecular flexibility index (Phi) is 6.90. The summed E-state index contributed by atoms with van der Waals surface area (Å²) >= 11 is 6.29. The van der Waals surface area contributed by atoms with Gasteiger partial charge in [-0.3, -0.25) is 9.47 Å². The molecule has 0 N–H and O–H groups in total. The zero-order chi connectivity index (χ0) is 20.9. The maximum atomic E-state index is 13.7. The Morgan fingerprint density at radius 2 is 1.97 bits per heavy atom. The Bertz CT molecular complexity index is 982. The molecule has 4 rings (SSSR count). The number of aromatic nitrogens is 2. The molecule has 0 aliphatic carbocycles. The summed E-state index contributed by atoms with van der Waals surface area (Å²) in [5.41, 5.74) is 2.93. The van der Waals surface area contributed by atoms with E-state index in [-0.39, 0.29) is 0 Å². The molecule has 0 amide bonds. The second kappa shape index (κ2) is 9.80. The van der Waals surface area contributed by atoms with Gasteiger partial charge in [0.05, 0.1) is 24.2 Å². The molecule has 1 aromatic heterocycles. The number of hydrogen-bond acceptors (Lipinski definition) is 3. The van der Waals surface area contributed by atoms with E-state index < -0.39 is 6.80 Å². The zero-order valence-electron chi connectivity index (χ0n) is 17.5. The molecule has 3 aromatic rings. The standard InChI is InChI=1S/C24H29ClFN3O/c1-2-3-14-30-23-9-8-19(25)15-20(23)18-10-12-28(13-11-18)16-24-27-21-6-4-5-7-22(21)29(24)17-26/h4-9,15,18H,2-3,10-14,16-17H2,1H3. The summed E-state index contributed by atoms with van der Waals surface area (Å²) in [6.45, 7) is 4.92. The molecule has 0 radical (unpaired) electrons. The average Bonchev–Trinajstić information content (AvgIpc) is 3.12. The lowest BCUT2D eigenvalue weighted by molar-refractivity contribution is 0.193. The Morgan fingerprint density at radius 1 is 1.17 bits per heavy atom. The maximum absolute atomic E-state index is 13.7. The SMILES string of the molecule is CCCCOc1ccc(Cl)cc1C1CCN(Cc2nc3ccccc3n2CF)CC1. The fraction of sp³-hybridized carbons (Fsp3) is 0.458. The number of alkyl halides is 1. The normalized spacial score (nSPS) is 15.7. The van der Waals surface area contributed by atoms with Crippen LogP contribution >= 0.6 is 11.6 Å². The molecule has 4 nitrogen and oxygen atoms in total. The Morgan fingerprint density at radius 3 is 2.73 bits per heavy atom. The first kappa shape index (κ1) is 21.1. The number of likely N-dealkylation sites (tertiary alicyclic amines) is 1. The number of unbranched alkanes of at least 4 members (excludes halogenated alkanes) is 1. The lowest BCUT2D eigenvalue weighted by atomic mass is 9.88. The van der Waals surface area contributed by atoms with Crippen LogP contribution in [0.5, 0.6) is 5.75 Å². The Hall–Kier alpha value is -2.11. The molecule has 160 valence electrons. The quantitative estimate of drug-likeness (QED) is 0.401. The van der Waals surface area contributed by atoms with Crippen molar-refractivity contribution >= 4 is 22.6 Å². The topological polar surface area (TPSA) is 30.3 Å². The van der Waals surface area contributed by atoms with Crippen LogP contribution in [0.15, 0.2) is 42.5 Å². The third-order valence-electron chi connectivity index (χ3n) is 5.97. The molecule has 1 fully saturated rings. The molecule has 1 aliphatic heterocycles. The van der Waals surface area contributed by atoms with Crippen LogP contribution in [0.2, 0.25) is 5.02 Å². The number of halogens is 2. The van der Waals surface area contributed by atoms with E-state index in [1.165, 1.54) is 5.56 Å². The maximum Gasteiger partial charge on any atom is 0.167 e. The molecule has 1 aliphatic rings. The number of piperidine rings is 1. The molecule has 0 atom stereocenters. The van der Waals surface area contributed by atoms with Gasteiger partial charge in [-0.15, -0.1) is 0 Å². The minimum atomic E-state index is -0.548. The van der Waals surface area contributed by atoms with Gasteiger partial charge >= 0.3 is 0 Å². The summed E-state index contributed by atoms with van der Waals surface area (Å²) in [4.78, 5) is 7.03.